The lowest BCUT2D eigenvalue weighted by Gasteiger charge is -2.38. The van der Waals surface area contributed by atoms with Crippen LogP contribution in [0.25, 0.3) is 0 Å². The molecule has 1 N–H and O–H groups in total. The van der Waals surface area contributed by atoms with Crippen LogP contribution < -0.4 is 0 Å². The second kappa shape index (κ2) is 10.6. The van der Waals surface area contributed by atoms with Gasteiger partial charge in [-0.1, -0.05) is 18.2 Å². The Morgan fingerprint density at radius 2 is 1.65 bits per heavy atom. The van der Waals surface area contributed by atoms with Crippen LogP contribution in [0.2, 0.25) is 0 Å². The van der Waals surface area contributed by atoms with Crippen molar-refractivity contribution in [3.05, 3.63) is 65.0 Å². The topological polar surface area (TPSA) is 60.9 Å². The first-order valence-electron chi connectivity index (χ1n) is 10.0. The summed E-state index contributed by atoms with van der Waals surface area (Å²) in [6.45, 7) is 4.38. The molecule has 2 aromatic rings. The third-order valence-corrected chi connectivity index (χ3v) is 7.33. The Labute approximate surface area is 196 Å². The van der Waals surface area contributed by atoms with E-state index in [1.54, 1.807) is 6.07 Å². The summed E-state index contributed by atoms with van der Waals surface area (Å²) in [5, 5.41) is 9.17. The van der Waals surface area contributed by atoms with E-state index in [0.29, 0.717) is 11.4 Å². The molecule has 0 amide bonds. The van der Waals surface area contributed by atoms with Crippen molar-refractivity contribution in [1.29, 1.82) is 0 Å². The number of fused-ring (bicyclic) bond motifs is 1. The van der Waals surface area contributed by atoms with Crippen molar-refractivity contribution in [2.75, 3.05) is 45.6 Å². The van der Waals surface area contributed by atoms with Gasteiger partial charge in [-0.3, -0.25) is 9.80 Å². The van der Waals surface area contributed by atoms with Crippen molar-refractivity contribution in [2.24, 2.45) is 0 Å². The van der Waals surface area contributed by atoms with E-state index in [1.165, 1.54) is 18.4 Å². The molecule has 1 fully saturated rings. The van der Waals surface area contributed by atoms with Crippen LogP contribution in [0.4, 0.5) is 4.39 Å². The van der Waals surface area contributed by atoms with Gasteiger partial charge >= 0.3 is 0 Å². The molecule has 31 heavy (non-hydrogen) atoms. The Morgan fingerprint density at radius 3 is 2.23 bits per heavy atom. The van der Waals surface area contributed by atoms with Crippen LogP contribution in [0, 0.1) is 5.82 Å². The molecule has 2 aliphatic rings. The van der Waals surface area contributed by atoms with Gasteiger partial charge in [0.2, 0.25) is 0 Å². The fourth-order valence-corrected chi connectivity index (χ4v) is 5.32. The van der Waals surface area contributed by atoms with Gasteiger partial charge in [0.25, 0.3) is 0 Å². The number of hydrogen-bond acceptors (Lipinski definition) is 5. The van der Waals surface area contributed by atoms with Crippen molar-refractivity contribution >= 4 is 34.7 Å². The number of piperazine rings is 1. The summed E-state index contributed by atoms with van der Waals surface area (Å²) >= 11 is 0. The number of sulfone groups is 1. The maximum Gasteiger partial charge on any atom is 0.175 e. The third-order valence-electron chi connectivity index (χ3n) is 6.22. The van der Waals surface area contributed by atoms with Crippen LogP contribution in [-0.4, -0.2) is 68.9 Å². The first kappa shape index (κ1) is 26.0. The Balaban J connectivity index is 0.00000171. The molecule has 1 aliphatic heterocycles. The number of halogens is 3. The van der Waals surface area contributed by atoms with Crippen molar-refractivity contribution in [2.45, 2.75) is 23.3 Å². The highest BCUT2D eigenvalue weighted by Gasteiger charge is 2.37. The molecular weight excluding hydrogens is 462 g/mol. The zero-order valence-electron chi connectivity index (χ0n) is 17.4. The Morgan fingerprint density at radius 1 is 1.00 bits per heavy atom. The Bertz CT molecular complexity index is 981. The number of hydrogen-bond donors (Lipinski definition) is 1. The first-order valence-corrected chi connectivity index (χ1v) is 11.9. The average Bonchev–Trinajstić information content (AvgIpc) is 3.08. The molecule has 0 radical (unpaired) electrons. The molecule has 0 unspecified atom stereocenters. The van der Waals surface area contributed by atoms with E-state index in [2.05, 4.69) is 9.80 Å². The normalized spacial score (nSPS) is 21.8. The van der Waals surface area contributed by atoms with Gasteiger partial charge in [-0.05, 0) is 47.4 Å². The molecule has 2 aromatic carbocycles. The van der Waals surface area contributed by atoms with Gasteiger partial charge in [0.15, 0.2) is 9.84 Å². The lowest BCUT2D eigenvalue weighted by atomic mass is 9.93. The summed E-state index contributed by atoms with van der Waals surface area (Å²) < 4.78 is 37.7. The summed E-state index contributed by atoms with van der Waals surface area (Å²) in [4.78, 5) is 5.01. The fourth-order valence-electron chi connectivity index (χ4n) is 4.66. The standard InChI is InChI=1S/C22H27FN2O3S.2ClH/c1-29(27,28)18-6-7-19-20(16-2-4-17(23)5-3-16)15-22(21(19)14-18)25-10-8-24(9-11-25)12-13-26;;/h2-7,14,20,22,26H,8-13,15H2,1H3;2*1H/t20-,22+;;/m1../s1. The lowest BCUT2D eigenvalue weighted by Crippen LogP contribution is -2.48. The summed E-state index contributed by atoms with van der Waals surface area (Å²) in [6.07, 6.45) is 2.10. The maximum atomic E-state index is 13.4. The van der Waals surface area contributed by atoms with E-state index < -0.39 is 9.84 Å². The van der Waals surface area contributed by atoms with Crippen LogP contribution in [0.1, 0.15) is 35.1 Å². The van der Waals surface area contributed by atoms with Gasteiger partial charge < -0.3 is 5.11 Å². The summed E-state index contributed by atoms with van der Waals surface area (Å²) in [7, 11) is -3.29. The highest BCUT2D eigenvalue weighted by molar-refractivity contribution is 7.90. The van der Waals surface area contributed by atoms with E-state index in [-0.39, 0.29) is 49.2 Å². The van der Waals surface area contributed by atoms with Gasteiger partial charge in [0.1, 0.15) is 5.82 Å². The fraction of sp³-hybridized carbons (Fsp3) is 0.455. The van der Waals surface area contributed by atoms with Crippen LogP contribution in [0.3, 0.4) is 0 Å². The van der Waals surface area contributed by atoms with E-state index in [4.69, 9.17) is 0 Å². The number of benzene rings is 2. The molecule has 5 nitrogen and oxygen atoms in total. The highest BCUT2D eigenvalue weighted by Crippen LogP contribution is 2.47. The second-order valence-corrected chi connectivity index (χ2v) is 10.0. The molecule has 0 saturated carbocycles. The molecule has 1 aliphatic carbocycles. The van der Waals surface area contributed by atoms with E-state index >= 15 is 0 Å². The zero-order valence-corrected chi connectivity index (χ0v) is 19.9. The van der Waals surface area contributed by atoms with E-state index in [9.17, 15) is 17.9 Å². The molecule has 4 rings (SSSR count). The SMILES string of the molecule is CS(=O)(=O)c1ccc2c(c1)[C@@H](N1CCN(CCO)CC1)C[C@@H]2c1ccc(F)cc1.Cl.Cl. The third kappa shape index (κ3) is 5.59. The Hall–Kier alpha value is -1.22. The molecule has 0 spiro atoms. The van der Waals surface area contributed by atoms with Crippen molar-refractivity contribution in [3.8, 4) is 0 Å². The molecule has 172 valence electrons. The number of β-amino-alcohol motifs (C(OH)–C–C–N with tert-alkyl or cyclic N) is 1. The summed E-state index contributed by atoms with van der Waals surface area (Å²) in [5.74, 6) is -0.129. The molecular formula is C22H29Cl2FN2O3S. The van der Waals surface area contributed by atoms with Gasteiger partial charge in [-0.25, -0.2) is 12.8 Å². The second-order valence-electron chi connectivity index (χ2n) is 8.02. The van der Waals surface area contributed by atoms with Crippen LogP contribution in [-0.2, 0) is 9.84 Å². The van der Waals surface area contributed by atoms with Crippen molar-refractivity contribution < 1.29 is 17.9 Å². The minimum absolute atomic E-state index is 0. The monoisotopic (exact) mass is 490 g/mol. The zero-order chi connectivity index (χ0) is 20.6. The van der Waals surface area contributed by atoms with Gasteiger partial charge in [-0.15, -0.1) is 24.8 Å². The molecule has 2 atom stereocenters. The molecule has 0 bridgehead atoms. The lowest BCUT2D eigenvalue weighted by molar-refractivity contribution is 0.0827. The van der Waals surface area contributed by atoms with E-state index in [1.807, 2.05) is 24.3 Å². The van der Waals surface area contributed by atoms with Crippen LogP contribution in [0.5, 0.6) is 0 Å². The quantitative estimate of drug-likeness (QED) is 0.696. The van der Waals surface area contributed by atoms with Gasteiger partial charge in [-0.2, -0.15) is 0 Å². The highest BCUT2D eigenvalue weighted by atomic mass is 35.5. The van der Waals surface area contributed by atoms with Crippen LogP contribution in [0.15, 0.2) is 47.4 Å². The van der Waals surface area contributed by atoms with E-state index in [0.717, 1.165) is 49.3 Å². The Kier molecular flexibility index (Phi) is 8.90. The average molecular weight is 491 g/mol. The number of nitrogens with zero attached hydrogens (tertiary/aromatic N) is 2. The maximum absolute atomic E-state index is 13.4. The minimum Gasteiger partial charge on any atom is -0.395 e. The van der Waals surface area contributed by atoms with Gasteiger partial charge in [0, 0.05) is 50.9 Å². The van der Waals surface area contributed by atoms with Crippen molar-refractivity contribution in [3.63, 3.8) is 0 Å². The minimum atomic E-state index is -3.29. The van der Waals surface area contributed by atoms with Crippen molar-refractivity contribution in [1.82, 2.24) is 9.80 Å². The first-order chi connectivity index (χ1) is 13.9. The number of aliphatic hydroxyl groups is 1. The molecule has 9 heteroatoms. The molecule has 0 aromatic heterocycles. The van der Waals surface area contributed by atoms with Crippen LogP contribution >= 0.6 is 24.8 Å². The van der Waals surface area contributed by atoms with Gasteiger partial charge in [0.05, 0.1) is 11.5 Å². The number of rotatable bonds is 5. The molecule has 1 heterocycles. The predicted molar refractivity (Wildman–Crippen MR) is 125 cm³/mol. The smallest absolute Gasteiger partial charge is 0.175 e. The summed E-state index contributed by atoms with van der Waals surface area (Å²) in [6, 6.07) is 12.2. The predicted octanol–water partition coefficient (Wildman–Crippen LogP) is 3.26. The largest absolute Gasteiger partial charge is 0.395 e. The molecule has 1 saturated heterocycles. The summed E-state index contributed by atoms with van der Waals surface area (Å²) in [5.41, 5.74) is 3.26. The number of aliphatic hydroxyl groups excluding tert-OH is 1.